The predicted molar refractivity (Wildman–Crippen MR) is 75.6 cm³/mol. The van der Waals surface area contributed by atoms with Gasteiger partial charge in [-0.2, -0.15) is 18.2 Å². The molecule has 8 heteroatoms. The summed E-state index contributed by atoms with van der Waals surface area (Å²) in [5, 5.41) is 0. The molecule has 0 saturated heterocycles. The van der Waals surface area contributed by atoms with E-state index in [1.807, 2.05) is 0 Å². The van der Waals surface area contributed by atoms with Gasteiger partial charge in [-0.1, -0.05) is 15.9 Å². The zero-order valence-electron chi connectivity index (χ0n) is 9.71. The third kappa shape index (κ3) is 3.63. The lowest BCUT2D eigenvalue weighted by Crippen LogP contribution is -2.07. The molecule has 1 aromatic carbocycles. The molecule has 2 N–H and O–H groups in total. The van der Waals surface area contributed by atoms with Crippen molar-refractivity contribution in [3.8, 4) is 11.6 Å². The molecule has 0 spiro atoms. The number of pyridine rings is 1. The third-order valence-electron chi connectivity index (χ3n) is 2.26. The molecule has 1 aromatic heterocycles. The maximum atomic E-state index is 12.7. The summed E-state index contributed by atoms with van der Waals surface area (Å²) in [5.74, 6) is -0.150. The highest BCUT2D eigenvalue weighted by Gasteiger charge is 2.31. The average molecular weight is 412 g/mol. The Hall–Kier alpha value is -1.28. The van der Waals surface area contributed by atoms with Crippen molar-refractivity contribution in [3.05, 3.63) is 44.8 Å². The number of ether oxygens (including phenoxy) is 1. The number of rotatable bonds is 2. The van der Waals surface area contributed by atoms with Crippen molar-refractivity contribution in [2.45, 2.75) is 6.18 Å². The molecule has 0 bridgehead atoms. The fourth-order valence-electron chi connectivity index (χ4n) is 1.41. The van der Waals surface area contributed by atoms with Crippen LogP contribution >= 0.6 is 31.9 Å². The number of halogens is 5. The molecule has 0 aliphatic carbocycles. The van der Waals surface area contributed by atoms with Crippen molar-refractivity contribution in [1.29, 1.82) is 0 Å². The highest BCUT2D eigenvalue weighted by molar-refractivity contribution is 9.11. The number of hydrogen-bond acceptors (Lipinski definition) is 3. The molecule has 0 amide bonds. The van der Waals surface area contributed by atoms with E-state index >= 15 is 0 Å². The molecule has 0 unspecified atom stereocenters. The highest BCUT2D eigenvalue weighted by Crippen LogP contribution is 2.35. The van der Waals surface area contributed by atoms with Gasteiger partial charge in [0.05, 0.1) is 10.0 Å². The molecule has 0 aliphatic heterocycles. The van der Waals surface area contributed by atoms with E-state index in [4.69, 9.17) is 10.5 Å². The number of nitrogens with zero attached hydrogens (tertiary/aromatic N) is 1. The minimum Gasteiger partial charge on any atom is -0.438 e. The van der Waals surface area contributed by atoms with Gasteiger partial charge in [-0.3, -0.25) is 0 Å². The Morgan fingerprint density at radius 2 is 1.80 bits per heavy atom. The van der Waals surface area contributed by atoms with E-state index in [0.717, 1.165) is 16.6 Å². The second kappa shape index (κ2) is 5.61. The van der Waals surface area contributed by atoms with Crippen LogP contribution in [0.5, 0.6) is 11.6 Å². The Morgan fingerprint density at radius 1 is 1.10 bits per heavy atom. The molecule has 106 valence electrons. The van der Waals surface area contributed by atoms with E-state index in [0.29, 0.717) is 10.2 Å². The Morgan fingerprint density at radius 3 is 2.40 bits per heavy atom. The molecule has 20 heavy (non-hydrogen) atoms. The van der Waals surface area contributed by atoms with Gasteiger partial charge in [0.1, 0.15) is 11.6 Å². The Bertz CT molecular complexity index is 647. The van der Waals surface area contributed by atoms with Crippen molar-refractivity contribution in [2.24, 2.45) is 0 Å². The van der Waals surface area contributed by atoms with Crippen LogP contribution in [0.2, 0.25) is 0 Å². The van der Waals surface area contributed by atoms with Crippen molar-refractivity contribution in [3.63, 3.8) is 0 Å². The first-order valence-electron chi connectivity index (χ1n) is 5.23. The fraction of sp³-hybridized carbons (Fsp3) is 0.0833. The van der Waals surface area contributed by atoms with Crippen molar-refractivity contribution >= 4 is 37.7 Å². The largest absolute Gasteiger partial charge is 0.438 e. The zero-order valence-corrected chi connectivity index (χ0v) is 12.9. The maximum absolute atomic E-state index is 12.7. The number of nitrogens with two attached hydrogens (primary N) is 1. The second-order valence-corrected chi connectivity index (χ2v) is 5.56. The molecule has 1 heterocycles. The van der Waals surface area contributed by atoms with E-state index < -0.39 is 11.7 Å². The van der Waals surface area contributed by atoms with Gasteiger partial charge in [-0.05, 0) is 40.2 Å². The number of nitrogen functional groups attached to an aromatic ring is 1. The summed E-state index contributed by atoms with van der Waals surface area (Å²) in [6, 6.07) is 6.53. The quantitative estimate of drug-likeness (QED) is 0.756. The van der Waals surface area contributed by atoms with E-state index in [-0.39, 0.29) is 11.7 Å². The van der Waals surface area contributed by atoms with Gasteiger partial charge in [0.25, 0.3) is 0 Å². The first-order valence-corrected chi connectivity index (χ1v) is 6.82. The van der Waals surface area contributed by atoms with Crippen LogP contribution in [0, 0.1) is 0 Å². The van der Waals surface area contributed by atoms with Gasteiger partial charge in [0, 0.05) is 10.5 Å². The standard InChI is InChI=1S/C12H7Br2F3N2O/c13-7-1-2-9(8(14)5-7)20-11-4-6(12(15,16)17)3-10(18)19-11/h1-5H,(H2,18,19). The summed E-state index contributed by atoms with van der Waals surface area (Å²) in [6.45, 7) is 0. The SMILES string of the molecule is Nc1cc(C(F)(F)F)cc(Oc2ccc(Br)cc2Br)n1. The Balaban J connectivity index is 2.36. The third-order valence-corrected chi connectivity index (χ3v) is 3.37. The number of alkyl halides is 3. The summed E-state index contributed by atoms with van der Waals surface area (Å²) in [7, 11) is 0. The number of hydrogen-bond donors (Lipinski definition) is 1. The lowest BCUT2D eigenvalue weighted by Gasteiger charge is -2.11. The molecule has 0 aliphatic rings. The van der Waals surface area contributed by atoms with Crippen LogP contribution in [0.3, 0.4) is 0 Å². The number of anilines is 1. The molecule has 0 atom stereocenters. The molecule has 2 rings (SSSR count). The first kappa shape index (κ1) is 15.1. The summed E-state index contributed by atoms with van der Waals surface area (Å²) in [4.78, 5) is 3.73. The van der Waals surface area contributed by atoms with Crippen LogP contribution in [0.4, 0.5) is 19.0 Å². The topological polar surface area (TPSA) is 48.1 Å². The smallest absolute Gasteiger partial charge is 0.416 e. The molecule has 3 nitrogen and oxygen atoms in total. The number of benzene rings is 1. The van der Waals surface area contributed by atoms with E-state index in [1.165, 1.54) is 0 Å². The molecule has 0 radical (unpaired) electrons. The summed E-state index contributed by atoms with van der Waals surface area (Å²) in [6.07, 6.45) is -4.51. The Labute approximate surface area is 129 Å². The van der Waals surface area contributed by atoms with E-state index in [9.17, 15) is 13.2 Å². The summed E-state index contributed by atoms with van der Waals surface area (Å²) in [5.41, 5.74) is 4.45. The average Bonchev–Trinajstić information content (AvgIpc) is 2.31. The van der Waals surface area contributed by atoms with Crippen LogP contribution in [-0.2, 0) is 6.18 Å². The Kier molecular flexibility index (Phi) is 4.24. The number of aromatic nitrogens is 1. The van der Waals surface area contributed by atoms with Crippen LogP contribution in [0.1, 0.15) is 5.56 Å². The van der Waals surface area contributed by atoms with Crippen LogP contribution in [0.15, 0.2) is 39.3 Å². The van der Waals surface area contributed by atoms with E-state index in [1.54, 1.807) is 18.2 Å². The van der Waals surface area contributed by atoms with Crippen molar-refractivity contribution in [1.82, 2.24) is 4.98 Å². The second-order valence-electron chi connectivity index (χ2n) is 3.79. The van der Waals surface area contributed by atoms with Gasteiger partial charge in [-0.25, -0.2) is 0 Å². The monoisotopic (exact) mass is 410 g/mol. The molecule has 0 fully saturated rings. The first-order chi connectivity index (χ1) is 9.25. The lowest BCUT2D eigenvalue weighted by molar-refractivity contribution is -0.137. The molecule has 2 aromatic rings. The van der Waals surface area contributed by atoms with Gasteiger partial charge in [0.2, 0.25) is 5.88 Å². The van der Waals surface area contributed by atoms with Crippen LogP contribution < -0.4 is 10.5 Å². The van der Waals surface area contributed by atoms with Gasteiger partial charge >= 0.3 is 6.18 Å². The summed E-state index contributed by atoms with van der Waals surface area (Å²) >= 11 is 6.51. The van der Waals surface area contributed by atoms with Gasteiger partial charge < -0.3 is 10.5 Å². The lowest BCUT2D eigenvalue weighted by atomic mass is 10.2. The van der Waals surface area contributed by atoms with Gasteiger partial charge in [0.15, 0.2) is 0 Å². The fourth-order valence-corrected chi connectivity index (χ4v) is 2.54. The van der Waals surface area contributed by atoms with Crippen molar-refractivity contribution < 1.29 is 17.9 Å². The molecular weight excluding hydrogens is 405 g/mol. The molecule has 0 saturated carbocycles. The highest BCUT2D eigenvalue weighted by atomic mass is 79.9. The van der Waals surface area contributed by atoms with Crippen LogP contribution in [-0.4, -0.2) is 4.98 Å². The molecular formula is C12H7Br2F3N2O. The minimum absolute atomic E-state index is 0.222. The normalized spacial score (nSPS) is 11.4. The minimum atomic E-state index is -4.51. The van der Waals surface area contributed by atoms with E-state index in [2.05, 4.69) is 36.8 Å². The summed E-state index contributed by atoms with van der Waals surface area (Å²) < 4.78 is 44.7. The maximum Gasteiger partial charge on any atom is 0.416 e. The predicted octanol–water partition coefficient (Wildman–Crippen LogP) is 5.00. The van der Waals surface area contributed by atoms with Gasteiger partial charge in [-0.15, -0.1) is 0 Å². The van der Waals surface area contributed by atoms with Crippen molar-refractivity contribution in [2.75, 3.05) is 5.73 Å². The van der Waals surface area contributed by atoms with Crippen LogP contribution in [0.25, 0.3) is 0 Å². The zero-order chi connectivity index (χ0) is 14.9.